The lowest BCUT2D eigenvalue weighted by Gasteiger charge is -2.30. The number of hydrogen-bond donors (Lipinski definition) is 1. The van der Waals surface area contributed by atoms with E-state index in [9.17, 15) is 9.59 Å². The van der Waals surface area contributed by atoms with Crippen molar-refractivity contribution in [1.82, 2.24) is 4.90 Å². The zero-order chi connectivity index (χ0) is 15.4. The van der Waals surface area contributed by atoms with Crippen molar-refractivity contribution in [3.8, 4) is 0 Å². The second-order valence-corrected chi connectivity index (χ2v) is 5.75. The molecule has 1 fully saturated rings. The van der Waals surface area contributed by atoms with E-state index in [4.69, 9.17) is 23.2 Å². The molecule has 1 aliphatic heterocycles. The Balaban J connectivity index is 1.91. The molecule has 1 heterocycles. The molecule has 0 radical (unpaired) electrons. The van der Waals surface area contributed by atoms with Gasteiger partial charge >= 0.3 is 6.09 Å². The highest BCUT2D eigenvalue weighted by Crippen LogP contribution is 2.24. The number of nitrogens with one attached hydrogen (secondary N) is 1. The van der Waals surface area contributed by atoms with Crippen LogP contribution in [0.15, 0.2) is 18.2 Å². The summed E-state index contributed by atoms with van der Waals surface area (Å²) in [6.45, 7) is 1.03. The van der Waals surface area contributed by atoms with Gasteiger partial charge in [-0.3, -0.25) is 4.79 Å². The number of amides is 2. The van der Waals surface area contributed by atoms with Gasteiger partial charge in [0.05, 0.1) is 7.11 Å². The predicted octanol–water partition coefficient (Wildman–Crippen LogP) is 3.41. The number of benzene rings is 1. The zero-order valence-corrected chi connectivity index (χ0v) is 13.1. The van der Waals surface area contributed by atoms with Gasteiger partial charge in [0.25, 0.3) is 0 Å². The molecule has 0 spiro atoms. The fourth-order valence-electron chi connectivity index (χ4n) is 2.32. The lowest BCUT2D eigenvalue weighted by molar-refractivity contribution is -0.121. The number of anilines is 1. The van der Waals surface area contributed by atoms with Crippen molar-refractivity contribution in [2.75, 3.05) is 25.5 Å². The average molecular weight is 331 g/mol. The Morgan fingerprint density at radius 2 is 1.76 bits per heavy atom. The molecule has 21 heavy (non-hydrogen) atoms. The molecule has 114 valence electrons. The summed E-state index contributed by atoms with van der Waals surface area (Å²) in [4.78, 5) is 25.2. The molecule has 0 unspecified atom stereocenters. The maximum absolute atomic E-state index is 12.2. The van der Waals surface area contributed by atoms with Gasteiger partial charge in [-0.1, -0.05) is 23.2 Å². The third kappa shape index (κ3) is 4.25. The molecular formula is C14H16Cl2N2O3. The average Bonchev–Trinajstić information content (AvgIpc) is 2.45. The first-order valence-electron chi connectivity index (χ1n) is 6.59. The quantitative estimate of drug-likeness (QED) is 0.903. The fraction of sp³-hybridized carbons (Fsp3) is 0.429. The normalized spacial score (nSPS) is 15.7. The van der Waals surface area contributed by atoms with E-state index in [0.29, 0.717) is 41.7 Å². The van der Waals surface area contributed by atoms with Crippen LogP contribution in [0.25, 0.3) is 0 Å². The Morgan fingerprint density at radius 3 is 2.29 bits per heavy atom. The molecule has 0 atom stereocenters. The van der Waals surface area contributed by atoms with Crippen LogP contribution in [-0.2, 0) is 9.53 Å². The van der Waals surface area contributed by atoms with E-state index in [-0.39, 0.29) is 17.9 Å². The van der Waals surface area contributed by atoms with Crippen molar-refractivity contribution in [1.29, 1.82) is 0 Å². The summed E-state index contributed by atoms with van der Waals surface area (Å²) in [7, 11) is 1.35. The maximum Gasteiger partial charge on any atom is 0.409 e. The highest BCUT2D eigenvalue weighted by atomic mass is 35.5. The van der Waals surface area contributed by atoms with Crippen molar-refractivity contribution in [3.05, 3.63) is 28.2 Å². The third-order valence-electron chi connectivity index (χ3n) is 3.43. The smallest absolute Gasteiger partial charge is 0.409 e. The molecule has 0 aromatic heterocycles. The molecule has 1 aliphatic rings. The molecule has 1 aromatic rings. The van der Waals surface area contributed by atoms with Gasteiger partial charge in [-0.25, -0.2) is 4.79 Å². The number of likely N-dealkylation sites (tertiary alicyclic amines) is 1. The summed E-state index contributed by atoms with van der Waals surface area (Å²) in [6, 6.07) is 4.90. The van der Waals surface area contributed by atoms with Gasteiger partial charge in [0.2, 0.25) is 5.91 Å². The van der Waals surface area contributed by atoms with Crippen LogP contribution in [0, 0.1) is 5.92 Å². The topological polar surface area (TPSA) is 58.6 Å². The van der Waals surface area contributed by atoms with Crippen molar-refractivity contribution in [2.45, 2.75) is 12.8 Å². The number of carbonyl (C=O) groups is 2. The van der Waals surface area contributed by atoms with Crippen LogP contribution in [0.4, 0.5) is 10.5 Å². The summed E-state index contributed by atoms with van der Waals surface area (Å²) in [5, 5.41) is 3.75. The molecule has 5 nitrogen and oxygen atoms in total. The highest BCUT2D eigenvalue weighted by molar-refractivity contribution is 6.35. The van der Waals surface area contributed by atoms with E-state index in [2.05, 4.69) is 10.1 Å². The molecule has 0 saturated carbocycles. The number of methoxy groups -OCH3 is 1. The summed E-state index contributed by atoms with van der Waals surface area (Å²) < 4.78 is 4.66. The van der Waals surface area contributed by atoms with Gasteiger partial charge in [0.15, 0.2) is 0 Å². The van der Waals surface area contributed by atoms with Crippen molar-refractivity contribution >= 4 is 40.9 Å². The molecule has 2 amide bonds. The lowest BCUT2D eigenvalue weighted by atomic mass is 9.96. The first-order valence-corrected chi connectivity index (χ1v) is 7.35. The highest BCUT2D eigenvalue weighted by Gasteiger charge is 2.27. The number of ether oxygens (including phenoxy) is 1. The molecule has 0 aliphatic carbocycles. The van der Waals surface area contributed by atoms with E-state index in [1.807, 2.05) is 0 Å². The minimum Gasteiger partial charge on any atom is -0.453 e. The standard InChI is InChI=1S/C14H16Cl2N2O3/c1-21-14(20)18-4-2-9(3-5-18)13(19)17-12-7-10(15)6-11(16)8-12/h6-9H,2-5H2,1H3,(H,17,19). The zero-order valence-electron chi connectivity index (χ0n) is 11.6. The lowest BCUT2D eigenvalue weighted by Crippen LogP contribution is -2.41. The van der Waals surface area contributed by atoms with Gasteiger partial charge in [0, 0.05) is 34.7 Å². The molecule has 0 bridgehead atoms. The van der Waals surface area contributed by atoms with Crippen LogP contribution in [0.1, 0.15) is 12.8 Å². The summed E-state index contributed by atoms with van der Waals surface area (Å²) in [5.74, 6) is -0.221. The Hall–Kier alpha value is -1.46. The van der Waals surface area contributed by atoms with Crippen molar-refractivity contribution < 1.29 is 14.3 Å². The van der Waals surface area contributed by atoms with Crippen LogP contribution in [0.5, 0.6) is 0 Å². The number of hydrogen-bond acceptors (Lipinski definition) is 3. The van der Waals surface area contributed by atoms with Crippen LogP contribution >= 0.6 is 23.2 Å². The van der Waals surface area contributed by atoms with Crippen LogP contribution in [-0.4, -0.2) is 37.1 Å². The van der Waals surface area contributed by atoms with E-state index in [1.54, 1.807) is 23.1 Å². The number of halogens is 2. The minimum absolute atomic E-state index is 0.0853. The Morgan fingerprint density at radius 1 is 1.19 bits per heavy atom. The van der Waals surface area contributed by atoms with E-state index in [1.165, 1.54) is 7.11 Å². The number of rotatable bonds is 2. The largest absolute Gasteiger partial charge is 0.453 e. The van der Waals surface area contributed by atoms with E-state index < -0.39 is 0 Å². The second kappa shape index (κ2) is 7.00. The molecule has 1 N–H and O–H groups in total. The summed E-state index contributed by atoms with van der Waals surface area (Å²) in [5.41, 5.74) is 0.577. The monoisotopic (exact) mass is 330 g/mol. The molecule has 1 aromatic carbocycles. The van der Waals surface area contributed by atoms with Gasteiger partial charge in [-0.2, -0.15) is 0 Å². The van der Waals surface area contributed by atoms with Gasteiger partial charge < -0.3 is 15.0 Å². The Labute approximate surface area is 133 Å². The number of piperidine rings is 1. The second-order valence-electron chi connectivity index (χ2n) is 4.88. The van der Waals surface area contributed by atoms with Crippen LogP contribution in [0.2, 0.25) is 10.0 Å². The van der Waals surface area contributed by atoms with Crippen LogP contribution in [0.3, 0.4) is 0 Å². The van der Waals surface area contributed by atoms with E-state index in [0.717, 1.165) is 0 Å². The summed E-state index contributed by atoms with van der Waals surface area (Å²) in [6.07, 6.45) is 0.861. The maximum atomic E-state index is 12.2. The predicted molar refractivity (Wildman–Crippen MR) is 81.8 cm³/mol. The fourth-order valence-corrected chi connectivity index (χ4v) is 2.85. The first-order chi connectivity index (χ1) is 9.99. The Bertz CT molecular complexity index is 523. The Kier molecular flexibility index (Phi) is 5.31. The van der Waals surface area contributed by atoms with Crippen molar-refractivity contribution in [3.63, 3.8) is 0 Å². The number of nitrogens with zero attached hydrogens (tertiary/aromatic N) is 1. The number of carbonyl (C=O) groups excluding carboxylic acids is 2. The van der Waals surface area contributed by atoms with Gasteiger partial charge in [0.1, 0.15) is 0 Å². The van der Waals surface area contributed by atoms with E-state index >= 15 is 0 Å². The first kappa shape index (κ1) is 15.9. The molecule has 1 saturated heterocycles. The molecule has 7 heteroatoms. The summed E-state index contributed by atoms with van der Waals surface area (Å²) >= 11 is 11.8. The SMILES string of the molecule is COC(=O)N1CCC(C(=O)Nc2cc(Cl)cc(Cl)c2)CC1. The molecular weight excluding hydrogens is 315 g/mol. The molecule has 2 rings (SSSR count). The van der Waals surface area contributed by atoms with Crippen molar-refractivity contribution in [2.24, 2.45) is 5.92 Å². The van der Waals surface area contributed by atoms with Gasteiger partial charge in [-0.05, 0) is 31.0 Å². The third-order valence-corrected chi connectivity index (χ3v) is 3.87. The minimum atomic E-state index is -0.351. The van der Waals surface area contributed by atoms with Gasteiger partial charge in [-0.15, -0.1) is 0 Å². The van der Waals surface area contributed by atoms with Crippen LogP contribution < -0.4 is 5.32 Å².